The van der Waals surface area contributed by atoms with Crippen LogP contribution in [0, 0.1) is 11.3 Å². The number of alkyl halides is 3. The predicted molar refractivity (Wildman–Crippen MR) is 69.1 cm³/mol. The number of carbonyl (C=O) groups is 1. The second-order valence-electron chi connectivity index (χ2n) is 5.65. The highest BCUT2D eigenvalue weighted by Crippen LogP contribution is 2.36. The summed E-state index contributed by atoms with van der Waals surface area (Å²) in [5.41, 5.74) is 4.24. The van der Waals surface area contributed by atoms with E-state index in [0.29, 0.717) is 0 Å². The molecule has 1 rings (SSSR count). The minimum Gasteiger partial charge on any atom is -0.426 e. The zero-order valence-electron chi connectivity index (χ0n) is 11.6. The van der Waals surface area contributed by atoms with E-state index in [2.05, 4.69) is 0 Å². The predicted octanol–water partition coefficient (Wildman–Crippen LogP) is 3.14. The molecule has 0 fully saturated rings. The molecule has 0 aromatic heterocycles. The number of nitrogens with two attached hydrogens (primary N) is 1. The lowest BCUT2D eigenvalue weighted by Crippen LogP contribution is -2.52. The van der Waals surface area contributed by atoms with Crippen LogP contribution in [0.1, 0.15) is 20.8 Å². The molecule has 0 saturated heterocycles. The first-order valence-electron chi connectivity index (χ1n) is 6.12. The van der Waals surface area contributed by atoms with Crippen LogP contribution in [0.15, 0.2) is 30.3 Å². The van der Waals surface area contributed by atoms with Gasteiger partial charge in [0.05, 0.1) is 5.92 Å². The van der Waals surface area contributed by atoms with Crippen molar-refractivity contribution in [2.24, 2.45) is 17.1 Å². The molecule has 20 heavy (non-hydrogen) atoms. The smallest absolute Gasteiger partial charge is 0.404 e. The summed E-state index contributed by atoms with van der Waals surface area (Å²) < 4.78 is 43.4. The van der Waals surface area contributed by atoms with Gasteiger partial charge < -0.3 is 10.5 Å². The minimum absolute atomic E-state index is 0.195. The maximum Gasteiger partial charge on any atom is 0.404 e. The monoisotopic (exact) mass is 289 g/mol. The molecule has 2 atom stereocenters. The quantitative estimate of drug-likeness (QED) is 0.687. The molecule has 0 aliphatic carbocycles. The van der Waals surface area contributed by atoms with Gasteiger partial charge in [0, 0.05) is 0 Å². The van der Waals surface area contributed by atoms with E-state index >= 15 is 0 Å². The number of para-hydroxylation sites is 1. The molecule has 0 bridgehead atoms. The van der Waals surface area contributed by atoms with E-state index in [9.17, 15) is 18.0 Å². The van der Waals surface area contributed by atoms with Crippen LogP contribution >= 0.6 is 0 Å². The molecule has 112 valence electrons. The van der Waals surface area contributed by atoms with Gasteiger partial charge in [0.2, 0.25) is 0 Å². The molecule has 1 aromatic carbocycles. The van der Waals surface area contributed by atoms with E-state index < -0.39 is 29.5 Å². The van der Waals surface area contributed by atoms with Gasteiger partial charge in [0.15, 0.2) is 0 Å². The number of carbonyl (C=O) groups excluding carboxylic acids is 1. The molecule has 1 aromatic rings. The fourth-order valence-electron chi connectivity index (χ4n) is 1.90. The standard InChI is InChI=1S/C14H18F3NO2/c1-13(2,3)10(11(18)14(15,16)17)12(19)20-9-7-5-4-6-8-9/h4-8,10-11H,18H2,1-3H3/t10-,11-/m1/s1. The van der Waals surface area contributed by atoms with Gasteiger partial charge >= 0.3 is 12.1 Å². The summed E-state index contributed by atoms with van der Waals surface area (Å²) in [6.07, 6.45) is -4.66. The first kappa shape index (κ1) is 16.5. The Morgan fingerprint density at radius 1 is 1.15 bits per heavy atom. The summed E-state index contributed by atoms with van der Waals surface area (Å²) >= 11 is 0. The van der Waals surface area contributed by atoms with E-state index in [-0.39, 0.29) is 5.75 Å². The Labute approximate surface area is 115 Å². The van der Waals surface area contributed by atoms with Crippen LogP contribution in [0.3, 0.4) is 0 Å². The maximum atomic E-state index is 12.8. The number of rotatable bonds is 3. The van der Waals surface area contributed by atoms with Gasteiger partial charge in [-0.1, -0.05) is 39.0 Å². The van der Waals surface area contributed by atoms with E-state index in [1.807, 2.05) is 0 Å². The number of halogens is 3. The van der Waals surface area contributed by atoms with Crippen LogP contribution in [0.5, 0.6) is 5.75 Å². The highest BCUT2D eigenvalue weighted by Gasteiger charge is 2.50. The van der Waals surface area contributed by atoms with Gasteiger partial charge in [0.1, 0.15) is 11.8 Å². The molecule has 3 nitrogen and oxygen atoms in total. The summed E-state index contributed by atoms with van der Waals surface area (Å²) in [6, 6.07) is 5.68. The Hall–Kier alpha value is -1.56. The number of ether oxygens (including phenoxy) is 1. The van der Waals surface area contributed by atoms with Crippen LogP contribution < -0.4 is 10.5 Å². The van der Waals surface area contributed by atoms with Gasteiger partial charge in [-0.15, -0.1) is 0 Å². The highest BCUT2D eigenvalue weighted by atomic mass is 19.4. The van der Waals surface area contributed by atoms with Crippen molar-refractivity contribution in [3.63, 3.8) is 0 Å². The molecule has 2 N–H and O–H groups in total. The van der Waals surface area contributed by atoms with Crippen LogP contribution in [0.4, 0.5) is 13.2 Å². The normalized spacial score (nSPS) is 15.6. The van der Waals surface area contributed by atoms with Gasteiger partial charge in [-0.3, -0.25) is 4.79 Å². The van der Waals surface area contributed by atoms with Crippen molar-refractivity contribution in [2.75, 3.05) is 0 Å². The molecular formula is C14H18F3NO2. The first-order chi connectivity index (χ1) is 9.03. The minimum atomic E-state index is -4.66. The SMILES string of the molecule is CC(C)(C)[C@@H](C(=O)Oc1ccccc1)[C@@H](N)C(F)(F)F. The van der Waals surface area contributed by atoms with Gasteiger partial charge in [-0.05, 0) is 17.5 Å². The average molecular weight is 289 g/mol. The van der Waals surface area contributed by atoms with E-state index in [1.165, 1.54) is 32.9 Å². The molecule has 0 aliphatic rings. The Morgan fingerprint density at radius 2 is 1.65 bits per heavy atom. The van der Waals surface area contributed by atoms with Crippen LogP contribution in [0.25, 0.3) is 0 Å². The number of benzene rings is 1. The molecule has 0 amide bonds. The summed E-state index contributed by atoms with van der Waals surface area (Å²) in [5, 5.41) is 0. The lowest BCUT2D eigenvalue weighted by atomic mass is 9.76. The Balaban J connectivity index is 2.98. The fraction of sp³-hybridized carbons (Fsp3) is 0.500. The Morgan fingerprint density at radius 3 is 2.05 bits per heavy atom. The van der Waals surface area contributed by atoms with Crippen molar-refractivity contribution in [3.8, 4) is 5.75 Å². The lowest BCUT2D eigenvalue weighted by molar-refractivity contribution is -0.180. The zero-order valence-corrected chi connectivity index (χ0v) is 11.6. The third-order valence-electron chi connectivity index (χ3n) is 2.89. The summed E-state index contributed by atoms with van der Waals surface area (Å²) in [4.78, 5) is 12.0. The van der Waals surface area contributed by atoms with Crippen molar-refractivity contribution < 1.29 is 22.7 Å². The number of esters is 1. The Kier molecular flexibility index (Phi) is 4.81. The van der Waals surface area contributed by atoms with Crippen LogP contribution in [-0.2, 0) is 4.79 Å². The fourth-order valence-corrected chi connectivity index (χ4v) is 1.90. The second kappa shape index (κ2) is 5.83. The van der Waals surface area contributed by atoms with Crippen molar-refractivity contribution in [1.29, 1.82) is 0 Å². The van der Waals surface area contributed by atoms with Gasteiger partial charge in [-0.25, -0.2) is 0 Å². The average Bonchev–Trinajstić information content (AvgIpc) is 2.27. The van der Waals surface area contributed by atoms with Crippen molar-refractivity contribution >= 4 is 5.97 Å². The van der Waals surface area contributed by atoms with Crippen LogP contribution in [0.2, 0.25) is 0 Å². The lowest BCUT2D eigenvalue weighted by Gasteiger charge is -2.34. The largest absolute Gasteiger partial charge is 0.426 e. The van der Waals surface area contributed by atoms with Crippen molar-refractivity contribution in [1.82, 2.24) is 0 Å². The number of hydrogen-bond acceptors (Lipinski definition) is 3. The molecule has 0 saturated carbocycles. The molecular weight excluding hydrogens is 271 g/mol. The van der Waals surface area contributed by atoms with Crippen molar-refractivity contribution in [2.45, 2.75) is 33.0 Å². The number of hydrogen-bond donors (Lipinski definition) is 1. The van der Waals surface area contributed by atoms with E-state index in [0.717, 1.165) is 0 Å². The molecule has 0 spiro atoms. The van der Waals surface area contributed by atoms with Gasteiger partial charge in [-0.2, -0.15) is 13.2 Å². The zero-order chi connectivity index (χ0) is 15.6. The maximum absolute atomic E-state index is 12.8. The molecule has 6 heteroatoms. The van der Waals surface area contributed by atoms with E-state index in [4.69, 9.17) is 10.5 Å². The molecule has 0 radical (unpaired) electrons. The van der Waals surface area contributed by atoms with Gasteiger partial charge in [0.25, 0.3) is 0 Å². The molecule has 0 heterocycles. The molecule has 0 aliphatic heterocycles. The summed E-state index contributed by atoms with van der Waals surface area (Å²) in [7, 11) is 0. The topological polar surface area (TPSA) is 52.3 Å². The Bertz CT molecular complexity index is 452. The first-order valence-corrected chi connectivity index (χ1v) is 6.12. The van der Waals surface area contributed by atoms with Crippen LogP contribution in [-0.4, -0.2) is 18.2 Å². The summed E-state index contributed by atoms with van der Waals surface area (Å²) in [5.74, 6) is -2.27. The third kappa shape index (κ3) is 4.23. The van der Waals surface area contributed by atoms with E-state index in [1.54, 1.807) is 18.2 Å². The highest BCUT2D eigenvalue weighted by molar-refractivity contribution is 5.76. The summed E-state index contributed by atoms with van der Waals surface area (Å²) in [6.45, 7) is 4.57. The molecule has 0 unspecified atom stereocenters. The van der Waals surface area contributed by atoms with Crippen molar-refractivity contribution in [3.05, 3.63) is 30.3 Å². The second-order valence-corrected chi connectivity index (χ2v) is 5.65. The third-order valence-corrected chi connectivity index (χ3v) is 2.89.